The van der Waals surface area contributed by atoms with Gasteiger partial charge in [0.15, 0.2) is 0 Å². The van der Waals surface area contributed by atoms with Crippen molar-refractivity contribution < 1.29 is 58.0 Å². The van der Waals surface area contributed by atoms with Gasteiger partial charge in [0, 0.05) is 50.1 Å². The van der Waals surface area contributed by atoms with E-state index in [2.05, 4.69) is 0 Å². The molecule has 0 unspecified atom stereocenters. The molecule has 3 aromatic heterocycles. The number of nitrogens with zero attached hydrogens (tertiary/aromatic N) is 8. The molecule has 0 amide bonds. The van der Waals surface area contributed by atoms with E-state index in [1.165, 1.54) is 12.1 Å². The zero-order valence-corrected chi connectivity index (χ0v) is 43.2. The second kappa shape index (κ2) is 20.3. The summed E-state index contributed by atoms with van der Waals surface area (Å²) in [6.07, 6.45) is -5.11. The van der Waals surface area contributed by atoms with Crippen molar-refractivity contribution in [1.29, 1.82) is 0 Å². The molecule has 8 bridgehead atoms. The van der Waals surface area contributed by atoms with Gasteiger partial charge in [-0.3, -0.25) is 4.79 Å². The van der Waals surface area contributed by atoms with Gasteiger partial charge in [0.05, 0.1) is 34.4 Å². The van der Waals surface area contributed by atoms with Gasteiger partial charge >= 0.3 is 27.2 Å². The summed E-state index contributed by atoms with van der Waals surface area (Å²) in [7, 11) is 0. The second-order valence-electron chi connectivity index (χ2n) is 18.4. The van der Waals surface area contributed by atoms with Gasteiger partial charge in [-0.05, 0) is 121 Å². The van der Waals surface area contributed by atoms with Crippen molar-refractivity contribution in [1.82, 2.24) is 39.9 Å². The molecule has 0 radical (unpaired) electrons. The third-order valence-electron chi connectivity index (χ3n) is 12.9. The SMILES string of the molecule is Cc1cccc(Oc2cccc3c2-c2nc-3nc3[n-]c(nc4nc(nc5[n-]c(n2)c2cccc(Oc6cccc(C)c6)c52)-c2cccc(Oc5cccc(C)c5)c2-4)c2cccc(Oc4cccc(C(=O)C(F)(F)F)c4)c32)c1.[O]=[V+2]. The van der Waals surface area contributed by atoms with Crippen LogP contribution in [0, 0.1) is 20.8 Å². The van der Waals surface area contributed by atoms with Crippen molar-refractivity contribution in [2.75, 3.05) is 0 Å². The Morgan fingerprint density at radius 1 is 0.418 bits per heavy atom. The van der Waals surface area contributed by atoms with Crippen LogP contribution in [0.15, 0.2) is 170 Å². The topological polar surface area (TPSA) is 177 Å². The van der Waals surface area contributed by atoms with E-state index in [4.69, 9.17) is 62.5 Å². The first-order valence-electron chi connectivity index (χ1n) is 24.4. The van der Waals surface area contributed by atoms with E-state index in [0.717, 1.165) is 46.2 Å². The molecule has 2 aliphatic heterocycles. The van der Waals surface area contributed by atoms with E-state index in [1.54, 1.807) is 18.2 Å². The van der Waals surface area contributed by atoms with Crippen LogP contribution in [0.25, 0.3) is 89.7 Å². The van der Waals surface area contributed by atoms with Crippen molar-refractivity contribution in [3.05, 3.63) is 192 Å². The Kier molecular flexibility index (Phi) is 12.8. The predicted molar refractivity (Wildman–Crippen MR) is 285 cm³/mol. The fourth-order valence-corrected chi connectivity index (χ4v) is 9.47. The van der Waals surface area contributed by atoms with Crippen LogP contribution in [0.3, 0.4) is 0 Å². The summed E-state index contributed by atoms with van der Waals surface area (Å²) in [6.45, 7) is 5.93. The van der Waals surface area contributed by atoms with Crippen LogP contribution in [0.1, 0.15) is 27.0 Å². The van der Waals surface area contributed by atoms with E-state index < -0.39 is 17.5 Å². The molecule has 8 aromatic carbocycles. The number of carbonyl (C=O) groups is 1. The van der Waals surface area contributed by atoms with Crippen molar-refractivity contribution in [2.24, 2.45) is 0 Å². The molecule has 383 valence electrons. The van der Waals surface area contributed by atoms with Gasteiger partial charge in [-0.2, -0.15) is 13.2 Å². The third kappa shape index (κ3) is 9.62. The standard InChI is InChI=1S/C61H37F3N8O5.O.V/c1-32-12-4-16-36(28-32)74-44-24-8-20-40-48(44)57-65-53(40)67-58-50-42(22-10-26-46(50)76-38-18-6-14-34(3)30-38)55(69-58)71-60-51-43(23-11-27-47(51)77-39-19-7-15-35(31-39)52(73)61(62,63)64)56(72-60)70-59-49-41(54(66-57)68-59)21-9-25-45(49)75-37-17-5-13-33(2)29-37;;/h4-31H,1-3H3;;/q-2;;+2. The summed E-state index contributed by atoms with van der Waals surface area (Å²) in [5.74, 6) is 2.05. The summed E-state index contributed by atoms with van der Waals surface area (Å²) < 4.78 is 75.4. The number of hydrogen-bond donors (Lipinski definition) is 0. The molecule has 0 saturated heterocycles. The average molecular weight is 1090 g/mol. The van der Waals surface area contributed by atoms with Gasteiger partial charge in [0.1, 0.15) is 46.0 Å². The maximum atomic E-state index is 13.7. The third-order valence-corrected chi connectivity index (χ3v) is 12.9. The molecule has 2 aliphatic rings. The molecule has 0 atom stereocenters. The van der Waals surface area contributed by atoms with Gasteiger partial charge in [0.25, 0.3) is 5.78 Å². The quantitative estimate of drug-likeness (QED) is 0.125. The van der Waals surface area contributed by atoms with Gasteiger partial charge < -0.3 is 48.9 Å². The average Bonchev–Trinajstić information content (AvgIpc) is 4.38. The van der Waals surface area contributed by atoms with Gasteiger partial charge in [-0.15, -0.1) is 0 Å². The number of fused-ring (bicyclic) bond motifs is 20. The molecule has 13 rings (SSSR count). The molecule has 79 heavy (non-hydrogen) atoms. The normalized spacial score (nSPS) is 11.6. The number of alkyl halides is 3. The number of hydrogen-bond acceptors (Lipinski definition) is 12. The molecule has 14 nitrogen and oxygen atoms in total. The number of ether oxygens (including phenoxy) is 4. The van der Waals surface area contributed by atoms with E-state index in [9.17, 15) is 18.0 Å². The summed E-state index contributed by atoms with van der Waals surface area (Å²) in [6, 6.07) is 49.6. The molecule has 18 heteroatoms. The fraction of sp³-hybridized carbons (Fsp3) is 0.0656. The number of benzene rings is 8. The Hall–Kier alpha value is -9.84. The Morgan fingerprint density at radius 3 is 1.19 bits per heavy atom. The van der Waals surface area contributed by atoms with E-state index in [0.29, 0.717) is 78.3 Å². The van der Waals surface area contributed by atoms with Crippen molar-refractivity contribution in [3.63, 3.8) is 0 Å². The van der Waals surface area contributed by atoms with Gasteiger partial charge in [0.2, 0.25) is 0 Å². The van der Waals surface area contributed by atoms with Crippen LogP contribution in [-0.2, 0) is 21.0 Å². The summed E-state index contributed by atoms with van der Waals surface area (Å²) in [4.78, 5) is 53.6. The number of ketones is 1. The number of halogens is 3. The molecular weight excluding hydrogens is 1050 g/mol. The molecular formula is C61H37F3N8O6V. The summed E-state index contributed by atoms with van der Waals surface area (Å²) >= 11 is 1.06. The Morgan fingerprint density at radius 2 is 0.772 bits per heavy atom. The predicted octanol–water partition coefficient (Wildman–Crippen LogP) is 14.8. The summed E-state index contributed by atoms with van der Waals surface area (Å²) in [5, 5.41) is 1.93. The Balaban J connectivity index is 0.00000308. The second-order valence-corrected chi connectivity index (χ2v) is 18.4. The molecule has 0 saturated carbocycles. The first-order valence-corrected chi connectivity index (χ1v) is 25.0. The minimum absolute atomic E-state index is 0.0403. The first-order chi connectivity index (χ1) is 38.4. The van der Waals surface area contributed by atoms with Gasteiger partial charge in [-0.25, -0.2) is 9.97 Å². The Bertz CT molecular complexity index is 4410. The van der Waals surface area contributed by atoms with E-state index in [1.807, 2.05) is 148 Å². The number of carbonyl (C=O) groups excluding carboxylic acids is 1. The van der Waals surface area contributed by atoms with Crippen molar-refractivity contribution in [2.45, 2.75) is 26.9 Å². The molecule has 0 fully saturated rings. The number of rotatable bonds is 9. The van der Waals surface area contributed by atoms with Crippen LogP contribution < -0.4 is 28.9 Å². The molecule has 11 aromatic rings. The molecule has 0 N–H and O–H groups in total. The Labute approximate surface area is 456 Å². The van der Waals surface area contributed by atoms with Crippen LogP contribution in [0.4, 0.5) is 13.2 Å². The minimum atomic E-state index is -5.11. The zero-order valence-electron chi connectivity index (χ0n) is 41.8. The number of aryl methyl sites for hydroxylation is 3. The number of Topliss-reactive ketones (excluding diaryl/α,β-unsaturated/α-hetero) is 1. The molecule has 0 spiro atoms. The van der Waals surface area contributed by atoms with Gasteiger partial charge in [-0.1, -0.05) is 97.1 Å². The zero-order chi connectivity index (χ0) is 54.5. The van der Waals surface area contributed by atoms with Crippen LogP contribution in [0.2, 0.25) is 0 Å². The van der Waals surface area contributed by atoms with Crippen LogP contribution in [-0.4, -0.2) is 41.9 Å². The fourth-order valence-electron chi connectivity index (χ4n) is 9.47. The van der Waals surface area contributed by atoms with E-state index in [-0.39, 0.29) is 57.4 Å². The number of aromatic nitrogens is 8. The molecule has 5 heterocycles. The first kappa shape index (κ1) is 50.0. The maximum absolute atomic E-state index is 13.7. The van der Waals surface area contributed by atoms with Crippen LogP contribution in [0.5, 0.6) is 46.0 Å². The van der Waals surface area contributed by atoms with Crippen molar-refractivity contribution in [3.8, 4) is 91.5 Å². The van der Waals surface area contributed by atoms with E-state index >= 15 is 0 Å². The molecule has 0 aliphatic carbocycles. The summed E-state index contributed by atoms with van der Waals surface area (Å²) in [5.41, 5.74) is 5.30. The van der Waals surface area contributed by atoms with Crippen molar-refractivity contribution >= 4 is 49.9 Å². The van der Waals surface area contributed by atoms with Crippen LogP contribution >= 0.6 is 0 Å². The monoisotopic (exact) mass is 1090 g/mol.